The fourth-order valence-electron chi connectivity index (χ4n) is 2.78. The van der Waals surface area contributed by atoms with Crippen LogP contribution in [0.15, 0.2) is 60.6 Å². The Balaban J connectivity index is 1.63. The van der Waals surface area contributed by atoms with E-state index in [9.17, 15) is 0 Å². The Kier molecular flexibility index (Phi) is 4.49. The zero-order valence-electron chi connectivity index (χ0n) is 14.1. The van der Waals surface area contributed by atoms with Crippen molar-refractivity contribution in [2.75, 3.05) is 6.54 Å². The number of rotatable bonds is 4. The predicted octanol–water partition coefficient (Wildman–Crippen LogP) is 3.70. The lowest BCUT2D eigenvalue weighted by molar-refractivity contribution is 0.589. The first-order valence-electron chi connectivity index (χ1n) is 8.20. The van der Waals surface area contributed by atoms with Crippen molar-refractivity contribution in [2.24, 2.45) is 0 Å². The first-order valence-corrected chi connectivity index (χ1v) is 8.20. The number of pyridine rings is 1. The summed E-state index contributed by atoms with van der Waals surface area (Å²) in [6.45, 7) is 8.47. The number of nitrogens with one attached hydrogen (secondary N) is 2. The van der Waals surface area contributed by atoms with Crippen molar-refractivity contribution in [3.8, 4) is 0 Å². The van der Waals surface area contributed by atoms with Crippen LogP contribution in [0.4, 0.5) is 0 Å². The summed E-state index contributed by atoms with van der Waals surface area (Å²) in [5.74, 6) is 0. The van der Waals surface area contributed by atoms with E-state index in [-0.39, 0.29) is 5.41 Å². The minimum Gasteiger partial charge on any atom is -0.383 e. The molecule has 1 aromatic carbocycles. The zero-order chi connectivity index (χ0) is 16.3. The summed E-state index contributed by atoms with van der Waals surface area (Å²) < 4.78 is 0. The summed E-state index contributed by atoms with van der Waals surface area (Å²) in [6.07, 6.45) is 5.95. The molecule has 0 spiro atoms. The molecule has 1 unspecified atom stereocenters. The molecule has 2 heterocycles. The van der Waals surface area contributed by atoms with Crippen molar-refractivity contribution in [3.05, 3.63) is 77.3 Å². The van der Waals surface area contributed by atoms with E-state index in [4.69, 9.17) is 0 Å². The van der Waals surface area contributed by atoms with Gasteiger partial charge in [0, 0.05) is 31.2 Å². The summed E-state index contributed by atoms with van der Waals surface area (Å²) in [7, 11) is 0. The first kappa shape index (κ1) is 15.8. The molecule has 0 radical (unpaired) electrons. The highest BCUT2D eigenvalue weighted by Gasteiger charge is 2.18. The standard InChI is InChI=1S/C20H25N3/c1-20(2,3)17-6-4-16(5-7-17)19-12-18(14-23-19)22-13-15-8-10-21-11-9-15/h4-12,19,22-23H,13-14H2,1-3H3. The maximum atomic E-state index is 4.05. The van der Waals surface area contributed by atoms with Gasteiger partial charge in [0.2, 0.25) is 0 Å². The van der Waals surface area contributed by atoms with Crippen LogP contribution in [0.3, 0.4) is 0 Å². The molecule has 1 atom stereocenters. The monoisotopic (exact) mass is 307 g/mol. The maximum absolute atomic E-state index is 4.05. The van der Waals surface area contributed by atoms with Gasteiger partial charge in [0.05, 0.1) is 6.04 Å². The molecule has 0 fully saturated rings. The van der Waals surface area contributed by atoms with Crippen molar-refractivity contribution in [2.45, 2.75) is 38.8 Å². The normalized spacial score (nSPS) is 17.9. The van der Waals surface area contributed by atoms with Crippen LogP contribution >= 0.6 is 0 Å². The quantitative estimate of drug-likeness (QED) is 0.904. The van der Waals surface area contributed by atoms with Gasteiger partial charge in [-0.05, 0) is 40.3 Å². The molecule has 3 rings (SSSR count). The molecular formula is C20H25N3. The highest BCUT2D eigenvalue weighted by atomic mass is 15.0. The number of aromatic nitrogens is 1. The van der Waals surface area contributed by atoms with Crippen LogP contribution in [0.25, 0.3) is 0 Å². The van der Waals surface area contributed by atoms with E-state index in [2.05, 4.69) is 66.7 Å². The van der Waals surface area contributed by atoms with Crippen LogP contribution in [0.2, 0.25) is 0 Å². The predicted molar refractivity (Wildman–Crippen MR) is 95.0 cm³/mol. The van der Waals surface area contributed by atoms with Crippen LogP contribution in [-0.4, -0.2) is 11.5 Å². The molecule has 0 saturated heterocycles. The van der Waals surface area contributed by atoms with E-state index in [0.29, 0.717) is 6.04 Å². The van der Waals surface area contributed by atoms with E-state index >= 15 is 0 Å². The van der Waals surface area contributed by atoms with E-state index < -0.39 is 0 Å². The van der Waals surface area contributed by atoms with Gasteiger partial charge in [0.15, 0.2) is 0 Å². The number of benzene rings is 1. The molecule has 0 saturated carbocycles. The number of nitrogens with zero attached hydrogens (tertiary/aromatic N) is 1. The van der Waals surface area contributed by atoms with Gasteiger partial charge in [0.25, 0.3) is 0 Å². The largest absolute Gasteiger partial charge is 0.383 e. The molecule has 0 amide bonds. The highest BCUT2D eigenvalue weighted by Crippen LogP contribution is 2.26. The van der Waals surface area contributed by atoms with Gasteiger partial charge in [0.1, 0.15) is 0 Å². The van der Waals surface area contributed by atoms with Crippen molar-refractivity contribution in [3.63, 3.8) is 0 Å². The Morgan fingerprint density at radius 2 is 1.78 bits per heavy atom. The van der Waals surface area contributed by atoms with Crippen molar-refractivity contribution >= 4 is 0 Å². The lowest BCUT2D eigenvalue weighted by Crippen LogP contribution is -2.19. The van der Waals surface area contributed by atoms with Gasteiger partial charge in [-0.3, -0.25) is 4.98 Å². The lowest BCUT2D eigenvalue weighted by Gasteiger charge is -2.20. The van der Waals surface area contributed by atoms with E-state index in [1.807, 2.05) is 24.5 Å². The van der Waals surface area contributed by atoms with Crippen molar-refractivity contribution in [1.29, 1.82) is 0 Å². The Bertz CT molecular complexity index is 666. The molecule has 1 aliphatic rings. The summed E-state index contributed by atoms with van der Waals surface area (Å²) in [5, 5.41) is 7.05. The topological polar surface area (TPSA) is 37.0 Å². The second kappa shape index (κ2) is 6.55. The fourth-order valence-corrected chi connectivity index (χ4v) is 2.78. The molecule has 2 N–H and O–H groups in total. The maximum Gasteiger partial charge on any atom is 0.0529 e. The van der Waals surface area contributed by atoms with E-state index in [1.165, 1.54) is 22.4 Å². The van der Waals surface area contributed by atoms with Gasteiger partial charge in [-0.2, -0.15) is 0 Å². The smallest absolute Gasteiger partial charge is 0.0529 e. The second-order valence-electron chi connectivity index (χ2n) is 7.13. The first-order chi connectivity index (χ1) is 11.0. The van der Waals surface area contributed by atoms with Crippen LogP contribution in [0.1, 0.15) is 43.5 Å². The van der Waals surface area contributed by atoms with Crippen LogP contribution in [0.5, 0.6) is 0 Å². The molecule has 23 heavy (non-hydrogen) atoms. The average Bonchev–Trinajstić information content (AvgIpc) is 3.02. The summed E-state index contributed by atoms with van der Waals surface area (Å²) in [6, 6.07) is 13.3. The van der Waals surface area contributed by atoms with Gasteiger partial charge in [-0.1, -0.05) is 45.0 Å². The minimum atomic E-state index is 0.203. The van der Waals surface area contributed by atoms with Crippen LogP contribution < -0.4 is 10.6 Å². The fraction of sp³-hybridized carbons (Fsp3) is 0.350. The van der Waals surface area contributed by atoms with E-state index in [0.717, 1.165) is 13.1 Å². The second-order valence-corrected chi connectivity index (χ2v) is 7.13. The molecule has 1 aromatic heterocycles. The summed E-state index contributed by atoms with van der Waals surface area (Å²) in [4.78, 5) is 4.05. The van der Waals surface area contributed by atoms with Crippen molar-refractivity contribution in [1.82, 2.24) is 15.6 Å². The zero-order valence-corrected chi connectivity index (χ0v) is 14.1. The molecule has 0 aliphatic carbocycles. The molecule has 120 valence electrons. The highest BCUT2D eigenvalue weighted by molar-refractivity contribution is 5.33. The molecule has 3 nitrogen and oxygen atoms in total. The number of hydrogen-bond acceptors (Lipinski definition) is 3. The molecule has 1 aliphatic heterocycles. The average molecular weight is 307 g/mol. The van der Waals surface area contributed by atoms with Gasteiger partial charge >= 0.3 is 0 Å². The lowest BCUT2D eigenvalue weighted by atomic mass is 9.86. The molecule has 3 heteroatoms. The van der Waals surface area contributed by atoms with Crippen molar-refractivity contribution < 1.29 is 0 Å². The third-order valence-electron chi connectivity index (χ3n) is 4.29. The van der Waals surface area contributed by atoms with Crippen LogP contribution in [-0.2, 0) is 12.0 Å². The molecular weight excluding hydrogens is 282 g/mol. The van der Waals surface area contributed by atoms with Gasteiger partial charge in [-0.25, -0.2) is 0 Å². The van der Waals surface area contributed by atoms with Gasteiger partial charge in [-0.15, -0.1) is 0 Å². The summed E-state index contributed by atoms with van der Waals surface area (Å²) >= 11 is 0. The van der Waals surface area contributed by atoms with E-state index in [1.54, 1.807) is 0 Å². The third kappa shape index (κ3) is 3.99. The van der Waals surface area contributed by atoms with Crippen LogP contribution in [0, 0.1) is 0 Å². The Morgan fingerprint density at radius 1 is 1.09 bits per heavy atom. The molecule has 2 aromatic rings. The Labute approximate surface area is 138 Å². The Morgan fingerprint density at radius 3 is 2.43 bits per heavy atom. The minimum absolute atomic E-state index is 0.203. The SMILES string of the molecule is CC(C)(C)c1ccc(C2C=C(NCc3ccncc3)CN2)cc1. The third-order valence-corrected chi connectivity index (χ3v) is 4.29. The molecule has 0 bridgehead atoms. The Hall–Kier alpha value is -2.13. The van der Waals surface area contributed by atoms with Gasteiger partial charge < -0.3 is 10.6 Å². The summed E-state index contributed by atoms with van der Waals surface area (Å²) in [5.41, 5.74) is 5.40. The number of hydrogen-bond donors (Lipinski definition) is 2.